The van der Waals surface area contributed by atoms with E-state index in [-0.39, 0.29) is 36.1 Å². The summed E-state index contributed by atoms with van der Waals surface area (Å²) in [4.78, 5) is 20.5. The van der Waals surface area contributed by atoms with Crippen molar-refractivity contribution in [1.29, 1.82) is 0 Å². The van der Waals surface area contributed by atoms with E-state index in [1.54, 1.807) is 11.0 Å². The van der Waals surface area contributed by atoms with Gasteiger partial charge in [-0.15, -0.1) is 19.0 Å². The van der Waals surface area contributed by atoms with Gasteiger partial charge in [-0.25, -0.2) is 0 Å². The van der Waals surface area contributed by atoms with Crippen molar-refractivity contribution in [1.82, 2.24) is 14.7 Å². The molecular formula is C31H38ClN3O2. The van der Waals surface area contributed by atoms with Gasteiger partial charge in [0, 0.05) is 50.9 Å². The van der Waals surface area contributed by atoms with Crippen molar-refractivity contribution < 1.29 is 9.90 Å². The van der Waals surface area contributed by atoms with E-state index in [2.05, 4.69) is 36.3 Å². The zero-order valence-corrected chi connectivity index (χ0v) is 22.8. The minimum atomic E-state index is -0.161. The van der Waals surface area contributed by atoms with Gasteiger partial charge in [0.1, 0.15) is 5.75 Å². The molecule has 3 aromatic rings. The van der Waals surface area contributed by atoms with E-state index < -0.39 is 0 Å². The molecule has 1 aliphatic heterocycles. The van der Waals surface area contributed by atoms with E-state index in [0.29, 0.717) is 18.2 Å². The van der Waals surface area contributed by atoms with Gasteiger partial charge in [0.2, 0.25) is 0 Å². The first-order valence-corrected chi connectivity index (χ1v) is 12.7. The van der Waals surface area contributed by atoms with E-state index in [4.69, 9.17) is 0 Å². The minimum Gasteiger partial charge on any atom is -0.508 e. The fraction of sp³-hybridized carbons (Fsp3) is 0.323. The molecule has 3 atom stereocenters. The number of nitrogens with zero attached hydrogens (tertiary/aromatic N) is 3. The van der Waals surface area contributed by atoms with E-state index in [1.807, 2.05) is 79.9 Å². The molecule has 1 fully saturated rings. The van der Waals surface area contributed by atoms with Crippen LogP contribution in [0, 0.1) is 0 Å². The molecule has 37 heavy (non-hydrogen) atoms. The maximum atomic E-state index is 13.8. The summed E-state index contributed by atoms with van der Waals surface area (Å²) in [5.41, 5.74) is 3.73. The van der Waals surface area contributed by atoms with Crippen LogP contribution < -0.4 is 0 Å². The van der Waals surface area contributed by atoms with Crippen LogP contribution in [0.4, 0.5) is 0 Å². The lowest BCUT2D eigenvalue weighted by molar-refractivity contribution is 0.0302. The number of aromatic hydroxyl groups is 1. The highest BCUT2D eigenvalue weighted by Gasteiger charge is 2.36. The van der Waals surface area contributed by atoms with Crippen LogP contribution in [0.3, 0.4) is 0 Å². The first-order chi connectivity index (χ1) is 17.4. The smallest absolute Gasteiger partial charge is 0.254 e. The van der Waals surface area contributed by atoms with Crippen LogP contribution in [0.2, 0.25) is 0 Å². The Morgan fingerprint density at radius 1 is 1.03 bits per heavy atom. The van der Waals surface area contributed by atoms with Crippen LogP contribution in [0.5, 0.6) is 5.75 Å². The number of amides is 1. The van der Waals surface area contributed by atoms with Gasteiger partial charge in [-0.05, 0) is 48.7 Å². The Hall–Kier alpha value is -3.12. The van der Waals surface area contributed by atoms with Crippen molar-refractivity contribution in [3.8, 4) is 5.75 Å². The maximum absolute atomic E-state index is 13.8. The van der Waals surface area contributed by atoms with E-state index in [9.17, 15) is 9.90 Å². The van der Waals surface area contributed by atoms with Gasteiger partial charge in [-0.2, -0.15) is 0 Å². The SMILES string of the molecule is C=CCN1C[C@H](C)N([C@H](c2cccc(O)c2)c2ccccc2C(=O)N(C)Cc2ccccc2)CC1C.Cl. The quantitative estimate of drug-likeness (QED) is 0.384. The van der Waals surface area contributed by atoms with Crippen molar-refractivity contribution in [2.24, 2.45) is 0 Å². The molecule has 5 nitrogen and oxygen atoms in total. The molecule has 1 aliphatic rings. The van der Waals surface area contributed by atoms with Gasteiger partial charge in [-0.1, -0.05) is 66.7 Å². The highest BCUT2D eigenvalue weighted by molar-refractivity contribution is 5.95. The Morgan fingerprint density at radius 3 is 2.43 bits per heavy atom. The minimum absolute atomic E-state index is 0. The number of piperazine rings is 1. The van der Waals surface area contributed by atoms with Crippen molar-refractivity contribution >= 4 is 18.3 Å². The fourth-order valence-corrected chi connectivity index (χ4v) is 5.31. The molecule has 0 radical (unpaired) electrons. The summed E-state index contributed by atoms with van der Waals surface area (Å²) in [6.07, 6.45) is 1.96. The average Bonchev–Trinajstić information content (AvgIpc) is 2.87. The molecule has 3 aromatic carbocycles. The lowest BCUT2D eigenvalue weighted by Crippen LogP contribution is -2.57. The van der Waals surface area contributed by atoms with Gasteiger partial charge >= 0.3 is 0 Å². The summed E-state index contributed by atoms with van der Waals surface area (Å²) in [6.45, 7) is 11.6. The molecule has 0 aromatic heterocycles. The zero-order valence-electron chi connectivity index (χ0n) is 22.0. The molecule has 0 aliphatic carbocycles. The third-order valence-corrected chi connectivity index (χ3v) is 7.14. The second-order valence-electron chi connectivity index (χ2n) is 9.87. The summed E-state index contributed by atoms with van der Waals surface area (Å²) in [6, 6.07) is 25.8. The maximum Gasteiger partial charge on any atom is 0.254 e. The molecular weight excluding hydrogens is 482 g/mol. The van der Waals surface area contributed by atoms with Gasteiger partial charge in [0.05, 0.1) is 6.04 Å². The molecule has 4 rings (SSSR count). The van der Waals surface area contributed by atoms with E-state index >= 15 is 0 Å². The van der Waals surface area contributed by atoms with E-state index in [0.717, 1.165) is 36.3 Å². The second kappa shape index (κ2) is 12.9. The number of phenols is 1. The largest absolute Gasteiger partial charge is 0.508 e. The van der Waals surface area contributed by atoms with Crippen LogP contribution in [-0.4, -0.2) is 64.5 Å². The Kier molecular flexibility index (Phi) is 9.93. The first kappa shape index (κ1) is 28.5. The van der Waals surface area contributed by atoms with Crippen LogP contribution in [0.25, 0.3) is 0 Å². The molecule has 1 amide bonds. The van der Waals surface area contributed by atoms with Crippen molar-refractivity contribution in [3.05, 3.63) is 114 Å². The Balaban J connectivity index is 0.00000380. The van der Waals surface area contributed by atoms with Crippen molar-refractivity contribution in [2.45, 2.75) is 38.5 Å². The molecule has 6 heteroatoms. The normalized spacial score (nSPS) is 19.0. The van der Waals surface area contributed by atoms with Gasteiger partial charge in [-0.3, -0.25) is 14.6 Å². The Bertz CT molecular complexity index is 1190. The lowest BCUT2D eigenvalue weighted by atomic mass is 9.90. The molecule has 196 valence electrons. The highest BCUT2D eigenvalue weighted by Crippen LogP contribution is 2.36. The fourth-order valence-electron chi connectivity index (χ4n) is 5.31. The van der Waals surface area contributed by atoms with E-state index in [1.165, 1.54) is 0 Å². The summed E-state index contributed by atoms with van der Waals surface area (Å²) in [7, 11) is 1.86. The Labute approximate surface area is 227 Å². The number of carbonyl (C=O) groups excluding carboxylic acids is 1. The third-order valence-electron chi connectivity index (χ3n) is 7.14. The number of phenolic OH excluding ortho intramolecular Hbond substituents is 1. The predicted octanol–water partition coefficient (Wildman–Crippen LogP) is 5.76. The molecule has 0 saturated carbocycles. The van der Waals surface area contributed by atoms with Crippen molar-refractivity contribution in [2.75, 3.05) is 26.7 Å². The summed E-state index contributed by atoms with van der Waals surface area (Å²) >= 11 is 0. The highest BCUT2D eigenvalue weighted by atomic mass is 35.5. The van der Waals surface area contributed by atoms with Crippen LogP contribution >= 0.6 is 12.4 Å². The van der Waals surface area contributed by atoms with Crippen molar-refractivity contribution in [3.63, 3.8) is 0 Å². The molecule has 1 N–H and O–H groups in total. The van der Waals surface area contributed by atoms with Crippen LogP contribution in [0.15, 0.2) is 91.5 Å². The van der Waals surface area contributed by atoms with Gasteiger partial charge in [0.15, 0.2) is 0 Å². The molecule has 1 saturated heterocycles. The lowest BCUT2D eigenvalue weighted by Gasteiger charge is -2.47. The predicted molar refractivity (Wildman–Crippen MR) is 153 cm³/mol. The topological polar surface area (TPSA) is 47.0 Å². The molecule has 0 spiro atoms. The van der Waals surface area contributed by atoms with Gasteiger partial charge in [0.25, 0.3) is 5.91 Å². The first-order valence-electron chi connectivity index (χ1n) is 12.7. The summed E-state index contributed by atoms with van der Waals surface area (Å²) in [5.74, 6) is 0.221. The van der Waals surface area contributed by atoms with Gasteiger partial charge < -0.3 is 10.0 Å². The summed E-state index contributed by atoms with van der Waals surface area (Å²) < 4.78 is 0. The molecule has 1 unspecified atom stereocenters. The monoisotopic (exact) mass is 519 g/mol. The number of carbonyl (C=O) groups is 1. The van der Waals surface area contributed by atoms with Crippen LogP contribution in [0.1, 0.15) is 46.9 Å². The second-order valence-corrected chi connectivity index (χ2v) is 9.87. The average molecular weight is 520 g/mol. The summed E-state index contributed by atoms with van der Waals surface area (Å²) in [5, 5.41) is 10.4. The zero-order chi connectivity index (χ0) is 25.7. The molecule has 0 bridgehead atoms. The number of hydrogen-bond donors (Lipinski definition) is 1. The number of rotatable bonds is 8. The third kappa shape index (κ3) is 6.61. The number of hydrogen-bond acceptors (Lipinski definition) is 4. The number of halogens is 1. The molecule has 1 heterocycles. The standard InChI is InChI=1S/C31H37N3O2.ClH/c1-5-18-33-20-24(3)34(21-23(33)2)30(26-14-11-15-27(35)19-26)28-16-9-10-17-29(28)31(36)32(4)22-25-12-7-6-8-13-25;/h5-17,19,23-24,30,35H,1,18,20-22H2,2-4H3;1H/t23?,24-,30+;/m0./s1. The number of benzene rings is 3. The van der Waals surface area contributed by atoms with Crippen LogP contribution in [-0.2, 0) is 6.54 Å². The Morgan fingerprint density at radius 2 is 1.73 bits per heavy atom.